The normalized spacial score (nSPS) is 21.6. The van der Waals surface area contributed by atoms with Gasteiger partial charge in [-0.3, -0.25) is 19.4 Å². The lowest BCUT2D eigenvalue weighted by atomic mass is 10.1. The van der Waals surface area contributed by atoms with Crippen molar-refractivity contribution in [3.63, 3.8) is 0 Å². The minimum atomic E-state index is -0.684. The van der Waals surface area contributed by atoms with Gasteiger partial charge in [-0.05, 0) is 11.1 Å². The Morgan fingerprint density at radius 1 is 1.00 bits per heavy atom. The molecule has 0 N–H and O–H groups in total. The number of fused-ring (bicyclic) bond motifs is 3. The molecule has 2 unspecified atom stereocenters. The maximum atomic E-state index is 13.0. The molecule has 0 radical (unpaired) electrons. The van der Waals surface area contributed by atoms with Gasteiger partial charge in [0.1, 0.15) is 13.2 Å². The molecule has 1 saturated heterocycles. The maximum absolute atomic E-state index is 13.0. The fraction of sp³-hybridized carbons (Fsp3) is 0.250. The highest BCUT2D eigenvalue weighted by Crippen LogP contribution is 2.36. The van der Waals surface area contributed by atoms with E-state index in [9.17, 15) is 14.4 Å². The van der Waals surface area contributed by atoms with Crippen molar-refractivity contribution < 1.29 is 19.1 Å². The van der Waals surface area contributed by atoms with E-state index in [0.29, 0.717) is 5.96 Å². The van der Waals surface area contributed by atoms with Crippen molar-refractivity contribution in [2.45, 2.75) is 18.8 Å². The number of carbonyl (C=O) groups excluding carboxylic acids is 3. The minimum Gasteiger partial charge on any atom is -0.459 e. The number of esters is 1. The summed E-state index contributed by atoms with van der Waals surface area (Å²) in [5.74, 6) is -0.309. The van der Waals surface area contributed by atoms with Crippen LogP contribution in [0.4, 0.5) is 4.79 Å². The Morgan fingerprint density at radius 3 is 2.36 bits per heavy atom. The number of benzene rings is 2. The molecule has 2 aromatic carbocycles. The van der Waals surface area contributed by atoms with E-state index in [1.165, 1.54) is 11.9 Å². The van der Waals surface area contributed by atoms with Crippen LogP contribution >= 0.6 is 0 Å². The van der Waals surface area contributed by atoms with Crippen LogP contribution in [0.2, 0.25) is 0 Å². The molecule has 0 spiro atoms. The highest BCUT2D eigenvalue weighted by atomic mass is 16.5. The smallest absolute Gasteiger partial charge is 0.328 e. The molecule has 3 aliphatic heterocycles. The molecule has 1 fully saturated rings. The highest BCUT2D eigenvalue weighted by Gasteiger charge is 2.54. The van der Waals surface area contributed by atoms with E-state index in [4.69, 9.17) is 4.74 Å². The molecule has 0 bridgehead atoms. The zero-order valence-corrected chi connectivity index (χ0v) is 18.3. The number of rotatable bonds is 5. The second kappa shape index (κ2) is 8.09. The summed E-state index contributed by atoms with van der Waals surface area (Å²) in [5, 5.41) is 0. The lowest BCUT2D eigenvalue weighted by Crippen LogP contribution is -2.63. The van der Waals surface area contributed by atoms with E-state index >= 15 is 0 Å². The number of imide groups is 1. The number of hydrogen-bond acceptors (Lipinski definition) is 7. The van der Waals surface area contributed by atoms with Crippen LogP contribution in [0.1, 0.15) is 11.1 Å². The average Bonchev–Trinajstić information content (AvgIpc) is 3.38. The standard InChI is InChI=1S/C24H23N5O4/c1-26-21-20(22(31)27(2)24(26)32)29-13-18(17-11-7-4-8-12-17)28(23(29)25-21)14-19(30)33-15-16-9-5-3-6-10-16/h3-13,20-21H,14-15H2,1-2H3. The van der Waals surface area contributed by atoms with Gasteiger partial charge < -0.3 is 14.5 Å². The zero-order chi connectivity index (χ0) is 23.1. The third-order valence-corrected chi connectivity index (χ3v) is 6.02. The fourth-order valence-corrected chi connectivity index (χ4v) is 4.28. The summed E-state index contributed by atoms with van der Waals surface area (Å²) >= 11 is 0. The molecule has 0 aliphatic carbocycles. The monoisotopic (exact) mass is 445 g/mol. The van der Waals surface area contributed by atoms with Crippen molar-refractivity contribution >= 4 is 29.6 Å². The second-order valence-corrected chi connectivity index (χ2v) is 8.10. The highest BCUT2D eigenvalue weighted by molar-refractivity contribution is 6.07. The van der Waals surface area contributed by atoms with Crippen molar-refractivity contribution in [1.82, 2.24) is 19.6 Å². The Labute approximate surface area is 191 Å². The van der Waals surface area contributed by atoms with Crippen LogP contribution < -0.4 is 0 Å². The topological polar surface area (TPSA) is 85.8 Å². The largest absolute Gasteiger partial charge is 0.459 e. The predicted octanol–water partition coefficient (Wildman–Crippen LogP) is 1.93. The zero-order valence-electron chi connectivity index (χ0n) is 18.3. The van der Waals surface area contributed by atoms with Gasteiger partial charge in [0.25, 0.3) is 5.91 Å². The Balaban J connectivity index is 1.43. The molecule has 2 aromatic rings. The summed E-state index contributed by atoms with van der Waals surface area (Å²) in [6.07, 6.45) is 1.16. The van der Waals surface area contributed by atoms with Crippen LogP contribution in [0, 0.1) is 0 Å². The third-order valence-electron chi connectivity index (χ3n) is 6.02. The summed E-state index contributed by atoms with van der Waals surface area (Å²) in [6, 6.07) is 17.9. The van der Waals surface area contributed by atoms with Gasteiger partial charge in [-0.25, -0.2) is 9.79 Å². The number of likely N-dealkylation sites (N-methyl/N-ethyl adjacent to an activating group) is 2. The molecule has 3 heterocycles. The summed E-state index contributed by atoms with van der Waals surface area (Å²) < 4.78 is 5.50. The van der Waals surface area contributed by atoms with Gasteiger partial charge in [0.15, 0.2) is 12.2 Å². The molecule has 3 aliphatic rings. The lowest BCUT2D eigenvalue weighted by molar-refractivity contribution is -0.144. The predicted molar refractivity (Wildman–Crippen MR) is 120 cm³/mol. The van der Waals surface area contributed by atoms with Gasteiger partial charge >= 0.3 is 12.0 Å². The fourth-order valence-electron chi connectivity index (χ4n) is 4.28. The molecule has 2 atom stereocenters. The summed E-state index contributed by atoms with van der Waals surface area (Å²) in [4.78, 5) is 48.9. The minimum absolute atomic E-state index is 0.0793. The molecule has 9 nitrogen and oxygen atoms in total. The number of urea groups is 1. The van der Waals surface area contributed by atoms with E-state index in [-0.39, 0.29) is 19.1 Å². The molecule has 3 amide bonds. The number of hydrogen-bond donors (Lipinski definition) is 0. The van der Waals surface area contributed by atoms with Gasteiger partial charge in [0.05, 0.1) is 5.70 Å². The molecule has 0 aromatic heterocycles. The molecular formula is C24H23N5O4. The van der Waals surface area contributed by atoms with Crippen molar-refractivity contribution in [3.8, 4) is 0 Å². The van der Waals surface area contributed by atoms with E-state index in [1.54, 1.807) is 16.8 Å². The van der Waals surface area contributed by atoms with E-state index < -0.39 is 24.2 Å². The number of aliphatic imine (C=N–C) groups is 1. The van der Waals surface area contributed by atoms with E-state index in [0.717, 1.165) is 21.7 Å². The van der Waals surface area contributed by atoms with Crippen LogP contribution in [0.3, 0.4) is 0 Å². The molecule has 9 heteroatoms. The van der Waals surface area contributed by atoms with Crippen LogP contribution in [0.5, 0.6) is 0 Å². The van der Waals surface area contributed by atoms with Crippen molar-refractivity contribution in [2.75, 3.05) is 20.6 Å². The van der Waals surface area contributed by atoms with Crippen LogP contribution in [-0.4, -0.2) is 76.3 Å². The van der Waals surface area contributed by atoms with E-state index in [1.807, 2.05) is 66.9 Å². The summed E-state index contributed by atoms with van der Waals surface area (Å²) in [5.41, 5.74) is 2.51. The lowest BCUT2D eigenvalue weighted by Gasteiger charge is -2.38. The Morgan fingerprint density at radius 2 is 1.67 bits per heavy atom. The molecular weight excluding hydrogens is 422 g/mol. The van der Waals surface area contributed by atoms with Crippen LogP contribution in [0.15, 0.2) is 71.9 Å². The first-order valence-corrected chi connectivity index (χ1v) is 10.6. The van der Waals surface area contributed by atoms with Crippen molar-refractivity contribution in [3.05, 3.63) is 78.0 Å². The Kier molecular flexibility index (Phi) is 5.08. The molecule has 0 saturated carbocycles. The molecule has 33 heavy (non-hydrogen) atoms. The Bertz CT molecular complexity index is 1160. The number of guanidine groups is 1. The van der Waals surface area contributed by atoms with Crippen molar-refractivity contribution in [1.29, 1.82) is 0 Å². The number of ether oxygens (including phenoxy) is 1. The van der Waals surface area contributed by atoms with Gasteiger partial charge in [0, 0.05) is 20.3 Å². The average molecular weight is 445 g/mol. The van der Waals surface area contributed by atoms with Crippen LogP contribution in [0.25, 0.3) is 5.70 Å². The first-order valence-electron chi connectivity index (χ1n) is 10.6. The molecule has 168 valence electrons. The quantitative estimate of drug-likeness (QED) is 0.654. The SMILES string of the molecule is CN1C(=O)C2C(N=C3N(CC(=O)OCc4ccccc4)C(c4ccccc4)=CN32)N(C)C1=O. The maximum Gasteiger partial charge on any atom is 0.328 e. The second-order valence-electron chi connectivity index (χ2n) is 8.10. The van der Waals surface area contributed by atoms with Gasteiger partial charge in [0.2, 0.25) is 5.96 Å². The van der Waals surface area contributed by atoms with Crippen molar-refractivity contribution in [2.24, 2.45) is 4.99 Å². The molecule has 5 rings (SSSR count). The number of carbonyl (C=O) groups is 3. The first-order chi connectivity index (χ1) is 16.0. The van der Waals surface area contributed by atoms with Gasteiger partial charge in [-0.2, -0.15) is 0 Å². The third kappa shape index (κ3) is 3.51. The van der Waals surface area contributed by atoms with Gasteiger partial charge in [-0.1, -0.05) is 60.7 Å². The van der Waals surface area contributed by atoms with Crippen LogP contribution in [-0.2, 0) is 20.9 Å². The number of nitrogens with zero attached hydrogens (tertiary/aromatic N) is 5. The Hall–Kier alpha value is -4.14. The summed E-state index contributed by atoms with van der Waals surface area (Å²) in [7, 11) is 3.08. The summed E-state index contributed by atoms with van der Waals surface area (Å²) in [6.45, 7) is 0.0872. The first kappa shape index (κ1) is 20.7. The van der Waals surface area contributed by atoms with Gasteiger partial charge in [-0.15, -0.1) is 0 Å². The van der Waals surface area contributed by atoms with E-state index in [2.05, 4.69) is 4.99 Å². The number of amides is 3.